The monoisotopic (exact) mass is 323 g/mol. The number of halogens is 1. The molecular formula is C17H26FN3O2. The van der Waals surface area contributed by atoms with E-state index in [1.165, 1.54) is 5.56 Å². The van der Waals surface area contributed by atoms with E-state index in [0.29, 0.717) is 19.5 Å². The van der Waals surface area contributed by atoms with Gasteiger partial charge in [0, 0.05) is 32.7 Å². The number of nitrogens with one attached hydrogen (secondary N) is 2. The highest BCUT2D eigenvalue weighted by Crippen LogP contribution is 2.16. The van der Waals surface area contributed by atoms with Crippen molar-refractivity contribution in [1.29, 1.82) is 0 Å². The topological polar surface area (TPSA) is 64.6 Å². The van der Waals surface area contributed by atoms with Crippen molar-refractivity contribution < 1.29 is 14.3 Å². The van der Waals surface area contributed by atoms with Crippen molar-refractivity contribution >= 4 is 6.03 Å². The molecule has 0 spiro atoms. The van der Waals surface area contributed by atoms with E-state index < -0.39 is 6.67 Å². The highest BCUT2D eigenvalue weighted by molar-refractivity contribution is 5.73. The Morgan fingerprint density at radius 2 is 1.91 bits per heavy atom. The molecule has 0 aliphatic carbocycles. The van der Waals surface area contributed by atoms with Crippen molar-refractivity contribution in [3.05, 3.63) is 35.4 Å². The maximum Gasteiger partial charge on any atom is 0.315 e. The Balaban J connectivity index is 1.83. The predicted molar refractivity (Wildman–Crippen MR) is 87.8 cm³/mol. The zero-order valence-corrected chi connectivity index (χ0v) is 13.4. The summed E-state index contributed by atoms with van der Waals surface area (Å²) in [6, 6.07) is 7.77. The molecule has 1 fully saturated rings. The van der Waals surface area contributed by atoms with Crippen LogP contribution in [0.3, 0.4) is 0 Å². The Hall–Kier alpha value is -1.66. The number of alkyl halides is 1. The Bertz CT molecular complexity index is 490. The molecule has 1 saturated heterocycles. The maximum atomic E-state index is 12.0. The first-order valence-electron chi connectivity index (χ1n) is 8.24. The summed E-state index contributed by atoms with van der Waals surface area (Å²) in [7, 11) is 0. The Labute approximate surface area is 136 Å². The number of aliphatic hydroxyl groups excluding tert-OH is 1. The van der Waals surface area contributed by atoms with Crippen molar-refractivity contribution in [2.75, 3.05) is 26.3 Å². The average Bonchev–Trinajstić information content (AvgIpc) is 2.56. The quantitative estimate of drug-likeness (QED) is 0.671. The zero-order valence-electron chi connectivity index (χ0n) is 13.4. The van der Waals surface area contributed by atoms with Crippen molar-refractivity contribution in [2.45, 2.75) is 38.5 Å². The number of aliphatic hydroxyl groups is 1. The summed E-state index contributed by atoms with van der Waals surface area (Å²) in [6.45, 7) is 3.00. The van der Waals surface area contributed by atoms with Gasteiger partial charge in [-0.3, -0.25) is 9.29 Å². The number of urea groups is 1. The number of likely N-dealkylation sites (tertiary alicyclic amines) is 1. The molecule has 0 radical (unpaired) electrons. The lowest BCUT2D eigenvalue weighted by Gasteiger charge is -2.30. The molecule has 0 saturated carbocycles. The van der Waals surface area contributed by atoms with E-state index in [4.69, 9.17) is 0 Å². The molecule has 128 valence electrons. The molecular weight excluding hydrogens is 297 g/mol. The van der Waals surface area contributed by atoms with Crippen LogP contribution in [0.4, 0.5) is 9.18 Å². The summed E-state index contributed by atoms with van der Waals surface area (Å²) in [5, 5.41) is 15.0. The number of hydrogen-bond acceptors (Lipinski definition) is 3. The van der Waals surface area contributed by atoms with E-state index in [0.717, 1.165) is 38.0 Å². The van der Waals surface area contributed by atoms with E-state index in [9.17, 15) is 14.3 Å². The Morgan fingerprint density at radius 1 is 1.22 bits per heavy atom. The van der Waals surface area contributed by atoms with Crippen molar-refractivity contribution in [1.82, 2.24) is 15.5 Å². The summed E-state index contributed by atoms with van der Waals surface area (Å²) in [5.74, 6) is 0. The van der Waals surface area contributed by atoms with Crippen LogP contribution in [0.1, 0.15) is 30.4 Å². The lowest BCUT2D eigenvalue weighted by molar-refractivity contribution is 0.0791. The van der Waals surface area contributed by atoms with Gasteiger partial charge in [-0.2, -0.15) is 0 Å². The van der Waals surface area contributed by atoms with Gasteiger partial charge in [0.05, 0.1) is 12.8 Å². The van der Waals surface area contributed by atoms with Crippen LogP contribution in [0.25, 0.3) is 0 Å². The molecule has 2 rings (SSSR count). The lowest BCUT2D eigenvalue weighted by Crippen LogP contribution is -2.37. The third-order valence-corrected chi connectivity index (χ3v) is 4.10. The van der Waals surface area contributed by atoms with Crippen molar-refractivity contribution in [3.63, 3.8) is 0 Å². The number of benzene rings is 1. The van der Waals surface area contributed by atoms with Gasteiger partial charge in [0.1, 0.15) is 0 Å². The second-order valence-electron chi connectivity index (χ2n) is 5.93. The average molecular weight is 323 g/mol. The van der Waals surface area contributed by atoms with E-state index in [1.54, 1.807) is 0 Å². The van der Waals surface area contributed by atoms with Gasteiger partial charge in [0.2, 0.25) is 0 Å². The largest absolute Gasteiger partial charge is 0.393 e. The molecule has 1 aliphatic rings. The minimum atomic E-state index is -0.423. The first-order chi connectivity index (χ1) is 11.2. The lowest BCUT2D eigenvalue weighted by atomic mass is 10.0. The van der Waals surface area contributed by atoms with E-state index in [1.807, 2.05) is 18.2 Å². The van der Waals surface area contributed by atoms with Crippen LogP contribution in [-0.2, 0) is 13.1 Å². The number of rotatable bonds is 7. The van der Waals surface area contributed by atoms with Gasteiger partial charge in [-0.15, -0.1) is 0 Å². The highest BCUT2D eigenvalue weighted by atomic mass is 19.1. The molecule has 1 aromatic rings. The van der Waals surface area contributed by atoms with Gasteiger partial charge in [-0.25, -0.2) is 4.79 Å². The zero-order chi connectivity index (χ0) is 16.5. The van der Waals surface area contributed by atoms with Crippen LogP contribution in [0.2, 0.25) is 0 Å². The predicted octanol–water partition coefficient (Wildman–Crippen LogP) is 1.80. The normalized spacial score (nSPS) is 16.3. The molecule has 0 aromatic heterocycles. The summed E-state index contributed by atoms with van der Waals surface area (Å²) in [6.07, 6.45) is 1.80. The minimum absolute atomic E-state index is 0.170. The fourth-order valence-corrected chi connectivity index (χ4v) is 2.71. The van der Waals surface area contributed by atoms with Crippen LogP contribution in [0.5, 0.6) is 0 Å². The Morgan fingerprint density at radius 3 is 2.61 bits per heavy atom. The number of carbonyl (C=O) groups is 1. The highest BCUT2D eigenvalue weighted by Gasteiger charge is 2.17. The molecule has 0 unspecified atom stereocenters. The molecule has 0 atom stereocenters. The van der Waals surface area contributed by atoms with Crippen LogP contribution < -0.4 is 10.6 Å². The molecule has 6 heteroatoms. The first-order valence-corrected chi connectivity index (χ1v) is 8.24. The Kier molecular flexibility index (Phi) is 7.29. The summed E-state index contributed by atoms with van der Waals surface area (Å²) in [4.78, 5) is 14.0. The fraction of sp³-hybridized carbons (Fsp3) is 0.588. The van der Waals surface area contributed by atoms with Crippen LogP contribution in [0.15, 0.2) is 24.3 Å². The number of amides is 2. The molecule has 1 aliphatic heterocycles. The second-order valence-corrected chi connectivity index (χ2v) is 5.93. The fourth-order valence-electron chi connectivity index (χ4n) is 2.71. The van der Waals surface area contributed by atoms with E-state index >= 15 is 0 Å². The molecule has 23 heavy (non-hydrogen) atoms. The molecule has 2 amide bonds. The van der Waals surface area contributed by atoms with E-state index in [-0.39, 0.29) is 12.1 Å². The molecule has 5 nitrogen and oxygen atoms in total. The third kappa shape index (κ3) is 6.15. The smallest absolute Gasteiger partial charge is 0.315 e. The van der Waals surface area contributed by atoms with Crippen LogP contribution in [-0.4, -0.2) is 48.5 Å². The minimum Gasteiger partial charge on any atom is -0.393 e. The number of nitrogens with zero attached hydrogens (tertiary/aromatic N) is 1. The standard InChI is InChI=1S/C17H26FN3O2/c18-8-3-9-19-17(23)20-12-14-4-1-2-5-15(14)13-21-10-6-16(22)7-11-21/h1-2,4-5,16,22H,3,6-13H2,(H2,19,20,23). The molecule has 1 heterocycles. The number of carbonyl (C=O) groups excluding carboxylic acids is 1. The molecule has 1 aromatic carbocycles. The number of hydrogen-bond donors (Lipinski definition) is 3. The van der Waals surface area contributed by atoms with Crippen molar-refractivity contribution in [2.24, 2.45) is 0 Å². The van der Waals surface area contributed by atoms with Gasteiger partial charge in [-0.1, -0.05) is 24.3 Å². The summed E-state index contributed by atoms with van der Waals surface area (Å²) < 4.78 is 12.0. The van der Waals surface area contributed by atoms with Gasteiger partial charge < -0.3 is 15.7 Å². The van der Waals surface area contributed by atoms with Gasteiger partial charge in [0.15, 0.2) is 0 Å². The summed E-state index contributed by atoms with van der Waals surface area (Å²) >= 11 is 0. The summed E-state index contributed by atoms with van der Waals surface area (Å²) in [5.41, 5.74) is 2.27. The van der Waals surface area contributed by atoms with Gasteiger partial charge in [0.25, 0.3) is 0 Å². The van der Waals surface area contributed by atoms with Crippen LogP contribution in [0, 0.1) is 0 Å². The SMILES string of the molecule is O=C(NCCCF)NCc1ccccc1CN1CCC(O)CC1. The van der Waals surface area contributed by atoms with E-state index in [2.05, 4.69) is 21.6 Å². The van der Waals surface area contributed by atoms with Crippen LogP contribution >= 0.6 is 0 Å². The maximum absolute atomic E-state index is 12.0. The third-order valence-electron chi connectivity index (χ3n) is 4.10. The van der Waals surface area contributed by atoms with Gasteiger partial charge >= 0.3 is 6.03 Å². The van der Waals surface area contributed by atoms with Gasteiger partial charge in [-0.05, 0) is 30.4 Å². The first kappa shape index (κ1) is 17.7. The molecule has 3 N–H and O–H groups in total. The van der Waals surface area contributed by atoms with Crippen molar-refractivity contribution in [3.8, 4) is 0 Å². The molecule has 0 bridgehead atoms. The number of piperidine rings is 1. The second kappa shape index (κ2) is 9.47.